The number of piperazine rings is 1. The van der Waals surface area contributed by atoms with Gasteiger partial charge < -0.3 is 10.1 Å². The molecule has 140 valence electrons. The molecule has 1 aliphatic rings. The Labute approximate surface area is 158 Å². The average molecular weight is 383 g/mol. The lowest BCUT2D eigenvalue weighted by Crippen LogP contribution is -2.48. The fourth-order valence-electron chi connectivity index (χ4n) is 3.62. The number of nitrogens with zero attached hydrogens (tertiary/aromatic N) is 2. The molecule has 1 saturated heterocycles. The Kier molecular flexibility index (Phi) is 4.82. The van der Waals surface area contributed by atoms with Crippen LogP contribution < -0.4 is 10.1 Å². The van der Waals surface area contributed by atoms with Crippen LogP contribution in [0.4, 0.5) is 0 Å². The monoisotopic (exact) mass is 383 g/mol. The molecule has 1 N–H and O–H groups in total. The summed E-state index contributed by atoms with van der Waals surface area (Å²) in [6.07, 6.45) is 3.31. The van der Waals surface area contributed by atoms with Crippen molar-refractivity contribution in [1.29, 1.82) is 0 Å². The zero-order chi connectivity index (χ0) is 18.9. The van der Waals surface area contributed by atoms with Gasteiger partial charge in [-0.25, -0.2) is 8.42 Å². The minimum absolute atomic E-state index is 0.309. The summed E-state index contributed by atoms with van der Waals surface area (Å²) in [5.74, 6) is 0.688. The molecule has 0 bridgehead atoms. The van der Waals surface area contributed by atoms with Crippen LogP contribution in [0, 0.1) is 0 Å². The summed E-state index contributed by atoms with van der Waals surface area (Å²) in [4.78, 5) is 4.41. The van der Waals surface area contributed by atoms with E-state index in [1.807, 2.05) is 30.3 Å². The number of pyridine rings is 1. The highest BCUT2D eigenvalue weighted by atomic mass is 32.2. The molecule has 3 aromatic rings. The van der Waals surface area contributed by atoms with Gasteiger partial charge in [0, 0.05) is 48.4 Å². The fourth-order valence-corrected chi connectivity index (χ4v) is 5.45. The summed E-state index contributed by atoms with van der Waals surface area (Å²) in [7, 11) is -2.10. The van der Waals surface area contributed by atoms with Gasteiger partial charge in [0.25, 0.3) is 0 Å². The van der Waals surface area contributed by atoms with Crippen LogP contribution >= 0.6 is 0 Å². The fraction of sp³-hybridized carbons (Fsp3) is 0.250. The zero-order valence-electron chi connectivity index (χ0n) is 15.0. The highest BCUT2D eigenvalue weighted by Gasteiger charge is 2.36. The minimum Gasteiger partial charge on any atom is -0.496 e. The number of aromatic nitrogens is 1. The maximum absolute atomic E-state index is 13.6. The molecule has 0 spiro atoms. The van der Waals surface area contributed by atoms with Gasteiger partial charge in [0.05, 0.1) is 18.0 Å². The standard InChI is InChI=1S/C20H21N3O3S/c1-26-19-7-3-2-6-17(19)18-14-22-11-12-23(18)27(24,25)20-8-4-5-15-13-21-10-9-16(15)20/h2-10,13,18,22H,11-12,14H2,1H3. The van der Waals surface area contributed by atoms with Crippen molar-refractivity contribution < 1.29 is 13.2 Å². The van der Waals surface area contributed by atoms with Crippen molar-refractivity contribution in [1.82, 2.24) is 14.6 Å². The number of sulfonamides is 1. The molecule has 6 nitrogen and oxygen atoms in total. The Morgan fingerprint density at radius 1 is 1.15 bits per heavy atom. The van der Waals surface area contributed by atoms with Crippen LogP contribution in [0.1, 0.15) is 11.6 Å². The molecule has 0 amide bonds. The minimum atomic E-state index is -3.70. The van der Waals surface area contributed by atoms with Crippen molar-refractivity contribution in [3.63, 3.8) is 0 Å². The molecule has 0 aliphatic carbocycles. The number of para-hydroxylation sites is 1. The van der Waals surface area contributed by atoms with Crippen molar-refractivity contribution in [2.24, 2.45) is 0 Å². The third kappa shape index (κ3) is 3.18. The Morgan fingerprint density at radius 3 is 2.85 bits per heavy atom. The van der Waals surface area contributed by atoms with E-state index in [1.54, 1.807) is 42.0 Å². The molecule has 1 fully saturated rings. The van der Waals surface area contributed by atoms with E-state index < -0.39 is 10.0 Å². The Bertz CT molecular complexity index is 1060. The maximum atomic E-state index is 13.6. The first-order chi connectivity index (χ1) is 13.1. The van der Waals surface area contributed by atoms with E-state index in [1.165, 1.54) is 0 Å². The first kappa shape index (κ1) is 17.9. The third-order valence-corrected chi connectivity index (χ3v) is 6.89. The highest BCUT2D eigenvalue weighted by Crippen LogP contribution is 2.35. The van der Waals surface area contributed by atoms with Gasteiger partial charge in [0.2, 0.25) is 10.0 Å². The van der Waals surface area contributed by atoms with Crippen LogP contribution in [-0.2, 0) is 10.0 Å². The molecule has 2 heterocycles. The van der Waals surface area contributed by atoms with Crippen LogP contribution in [0.3, 0.4) is 0 Å². The van der Waals surface area contributed by atoms with Gasteiger partial charge in [-0.1, -0.05) is 30.3 Å². The van der Waals surface area contributed by atoms with Gasteiger partial charge in [0.1, 0.15) is 5.75 Å². The number of hydrogen-bond donors (Lipinski definition) is 1. The van der Waals surface area contributed by atoms with Crippen LogP contribution in [0.15, 0.2) is 65.8 Å². The van der Waals surface area contributed by atoms with Crippen molar-refractivity contribution in [3.8, 4) is 5.75 Å². The number of methoxy groups -OCH3 is 1. The van der Waals surface area contributed by atoms with Gasteiger partial charge in [-0.15, -0.1) is 0 Å². The topological polar surface area (TPSA) is 71.5 Å². The van der Waals surface area contributed by atoms with Gasteiger partial charge in [0.15, 0.2) is 0 Å². The smallest absolute Gasteiger partial charge is 0.244 e. The van der Waals surface area contributed by atoms with Gasteiger partial charge >= 0.3 is 0 Å². The van der Waals surface area contributed by atoms with Crippen LogP contribution in [0.2, 0.25) is 0 Å². The lowest BCUT2D eigenvalue weighted by molar-refractivity contribution is 0.265. The van der Waals surface area contributed by atoms with Crippen molar-refractivity contribution >= 4 is 20.8 Å². The van der Waals surface area contributed by atoms with Gasteiger partial charge in [-0.05, 0) is 18.2 Å². The SMILES string of the molecule is COc1ccccc1C1CNCCN1S(=O)(=O)c1cccc2cnccc12. The lowest BCUT2D eigenvalue weighted by Gasteiger charge is -2.36. The molecule has 0 saturated carbocycles. The zero-order valence-corrected chi connectivity index (χ0v) is 15.8. The molecule has 4 rings (SSSR count). The summed E-state index contributed by atoms with van der Waals surface area (Å²) in [5.41, 5.74) is 0.859. The van der Waals surface area contributed by atoms with Crippen LogP contribution in [0.25, 0.3) is 10.8 Å². The summed E-state index contributed by atoms with van der Waals surface area (Å²) in [6, 6.07) is 14.3. The van der Waals surface area contributed by atoms with Crippen molar-refractivity contribution in [2.75, 3.05) is 26.7 Å². The van der Waals surface area contributed by atoms with E-state index in [0.717, 1.165) is 10.9 Å². The second-order valence-electron chi connectivity index (χ2n) is 6.43. The summed E-state index contributed by atoms with van der Waals surface area (Å²) in [6.45, 7) is 1.54. The van der Waals surface area contributed by atoms with Crippen LogP contribution in [0.5, 0.6) is 5.75 Å². The van der Waals surface area contributed by atoms with E-state index in [0.29, 0.717) is 35.7 Å². The Balaban J connectivity index is 1.83. The van der Waals surface area contributed by atoms with E-state index in [4.69, 9.17) is 4.74 Å². The summed E-state index contributed by atoms with van der Waals surface area (Å²) < 4.78 is 34.3. The molecule has 1 aromatic heterocycles. The first-order valence-electron chi connectivity index (χ1n) is 8.81. The summed E-state index contributed by atoms with van der Waals surface area (Å²) >= 11 is 0. The van der Waals surface area contributed by atoms with E-state index in [-0.39, 0.29) is 6.04 Å². The van der Waals surface area contributed by atoms with Gasteiger partial charge in [-0.2, -0.15) is 4.31 Å². The molecule has 0 radical (unpaired) electrons. The van der Waals surface area contributed by atoms with Crippen molar-refractivity contribution in [2.45, 2.75) is 10.9 Å². The summed E-state index contributed by atoms with van der Waals surface area (Å²) in [5, 5.41) is 4.80. The highest BCUT2D eigenvalue weighted by molar-refractivity contribution is 7.89. The molecular weight excluding hydrogens is 362 g/mol. The molecule has 27 heavy (non-hydrogen) atoms. The number of nitrogens with one attached hydrogen (secondary N) is 1. The molecule has 1 aliphatic heterocycles. The average Bonchev–Trinajstić information content (AvgIpc) is 2.73. The molecule has 1 atom stereocenters. The normalized spacial score (nSPS) is 18.5. The molecule has 7 heteroatoms. The molecular formula is C20H21N3O3S. The van der Waals surface area contributed by atoms with E-state index >= 15 is 0 Å². The quantitative estimate of drug-likeness (QED) is 0.750. The Morgan fingerprint density at radius 2 is 2.00 bits per heavy atom. The van der Waals surface area contributed by atoms with Gasteiger partial charge in [-0.3, -0.25) is 4.98 Å². The predicted octanol–water partition coefficient (Wildman–Crippen LogP) is 2.58. The number of ether oxygens (including phenoxy) is 1. The maximum Gasteiger partial charge on any atom is 0.244 e. The largest absolute Gasteiger partial charge is 0.496 e. The van der Waals surface area contributed by atoms with Crippen LogP contribution in [-0.4, -0.2) is 44.5 Å². The van der Waals surface area contributed by atoms with E-state index in [9.17, 15) is 8.42 Å². The predicted molar refractivity (Wildman–Crippen MR) is 104 cm³/mol. The number of hydrogen-bond acceptors (Lipinski definition) is 5. The second kappa shape index (κ2) is 7.26. The molecule has 2 aromatic carbocycles. The number of fused-ring (bicyclic) bond motifs is 1. The Hall–Kier alpha value is -2.48. The third-order valence-electron chi connectivity index (χ3n) is 4.92. The van der Waals surface area contributed by atoms with E-state index in [2.05, 4.69) is 10.3 Å². The first-order valence-corrected chi connectivity index (χ1v) is 10.2. The lowest BCUT2D eigenvalue weighted by atomic mass is 10.0. The number of rotatable bonds is 4. The molecule has 1 unspecified atom stereocenters. The second-order valence-corrected chi connectivity index (χ2v) is 8.29. The number of benzene rings is 2. The van der Waals surface area contributed by atoms with Crippen molar-refractivity contribution in [3.05, 3.63) is 66.5 Å².